The van der Waals surface area contributed by atoms with Gasteiger partial charge in [0, 0.05) is 23.8 Å². The summed E-state index contributed by atoms with van der Waals surface area (Å²) < 4.78 is 0. The third-order valence-corrected chi connectivity index (χ3v) is 15.0. The monoisotopic (exact) mass is 913 g/mol. The van der Waals surface area contributed by atoms with Crippen LogP contribution in [0.2, 0.25) is 0 Å². The Hall–Kier alpha value is -7.00. The van der Waals surface area contributed by atoms with E-state index >= 15 is 0 Å². The Morgan fingerprint density at radius 1 is 0.529 bits per heavy atom. The smallest absolute Gasteiger partial charge is 0.0559 e. The third kappa shape index (κ3) is 10.2. The fourth-order valence-electron chi connectivity index (χ4n) is 11.1. The Kier molecular flexibility index (Phi) is 13.4. The van der Waals surface area contributed by atoms with Crippen LogP contribution in [0.4, 0.5) is 11.4 Å². The van der Waals surface area contributed by atoms with Gasteiger partial charge in [-0.3, -0.25) is 0 Å². The van der Waals surface area contributed by atoms with Gasteiger partial charge in [0.2, 0.25) is 0 Å². The van der Waals surface area contributed by atoms with Crippen molar-refractivity contribution in [3.63, 3.8) is 0 Å². The third-order valence-electron chi connectivity index (χ3n) is 15.0. The van der Waals surface area contributed by atoms with E-state index in [1.54, 1.807) is 0 Å². The van der Waals surface area contributed by atoms with Gasteiger partial charge in [-0.05, 0) is 157 Å². The average Bonchev–Trinajstić information content (AvgIpc) is 3.40. The van der Waals surface area contributed by atoms with Gasteiger partial charge < -0.3 is 10.2 Å². The number of fused-ring (bicyclic) bond motifs is 3. The molecule has 0 amide bonds. The second-order valence-corrected chi connectivity index (χ2v) is 21.6. The fraction of sp³-hybridized carbons (Fsp3) is 0.235. The van der Waals surface area contributed by atoms with Crippen molar-refractivity contribution in [1.82, 2.24) is 5.32 Å². The quantitative estimate of drug-likeness (QED) is 0.117. The van der Waals surface area contributed by atoms with Gasteiger partial charge in [-0.2, -0.15) is 0 Å². The van der Waals surface area contributed by atoms with E-state index in [0.717, 1.165) is 32.4 Å². The molecular formula is C68H68N2. The maximum atomic E-state index is 3.60. The first-order chi connectivity index (χ1) is 34.0. The molecule has 2 heteroatoms. The van der Waals surface area contributed by atoms with Crippen molar-refractivity contribution in [2.75, 3.05) is 18.0 Å². The molecule has 0 saturated carbocycles. The highest BCUT2D eigenvalue weighted by Crippen LogP contribution is 2.47. The van der Waals surface area contributed by atoms with Gasteiger partial charge >= 0.3 is 0 Å². The van der Waals surface area contributed by atoms with Crippen molar-refractivity contribution >= 4 is 11.4 Å². The van der Waals surface area contributed by atoms with Crippen LogP contribution in [-0.4, -0.2) is 19.1 Å². The van der Waals surface area contributed by atoms with E-state index in [0.29, 0.717) is 11.8 Å². The van der Waals surface area contributed by atoms with Crippen LogP contribution in [0.15, 0.2) is 218 Å². The molecule has 10 rings (SSSR count). The van der Waals surface area contributed by atoms with Crippen LogP contribution in [0, 0.1) is 10.8 Å². The summed E-state index contributed by atoms with van der Waals surface area (Å²) in [4.78, 5) is 2.48. The van der Waals surface area contributed by atoms with Gasteiger partial charge in [-0.25, -0.2) is 0 Å². The second-order valence-electron chi connectivity index (χ2n) is 21.6. The zero-order chi connectivity index (χ0) is 48.2. The number of benzene rings is 8. The number of nitrogens with one attached hydrogen (secondary N) is 1. The molecule has 0 spiro atoms. The van der Waals surface area contributed by atoms with E-state index < -0.39 is 0 Å². The van der Waals surface area contributed by atoms with Gasteiger partial charge in [-0.1, -0.05) is 224 Å². The summed E-state index contributed by atoms with van der Waals surface area (Å²) in [5.74, 6) is 0.763. The fourth-order valence-corrected chi connectivity index (χ4v) is 11.1. The maximum absolute atomic E-state index is 3.60. The van der Waals surface area contributed by atoms with Crippen LogP contribution in [0.5, 0.6) is 0 Å². The van der Waals surface area contributed by atoms with Crippen LogP contribution in [0.1, 0.15) is 88.5 Å². The predicted molar refractivity (Wildman–Crippen MR) is 300 cm³/mol. The maximum Gasteiger partial charge on any atom is 0.0559 e. The van der Waals surface area contributed by atoms with Gasteiger partial charge in [0.1, 0.15) is 0 Å². The van der Waals surface area contributed by atoms with Crippen LogP contribution < -0.4 is 10.2 Å². The lowest BCUT2D eigenvalue weighted by atomic mass is 9.68. The molecule has 0 aromatic heterocycles. The molecule has 0 fully saturated rings. The van der Waals surface area contributed by atoms with Gasteiger partial charge in [0.05, 0.1) is 6.04 Å². The summed E-state index contributed by atoms with van der Waals surface area (Å²) >= 11 is 0. The molecule has 1 N–H and O–H groups in total. The predicted octanol–water partition coefficient (Wildman–Crippen LogP) is 17.9. The van der Waals surface area contributed by atoms with E-state index in [1.165, 1.54) is 89.3 Å². The Balaban J connectivity index is 0.938. The highest BCUT2D eigenvalue weighted by atomic mass is 15.2. The standard InChI is InChI=1S/C68H68N2/c1-7-69-47-68(5,6)46-66(67(2,3)4)55-29-27-50(28-30-55)49-23-25-52(26-24-49)57-37-42-62-63(54-19-13-9-14-20-54)45-58-32-31-56(43-64(58)65(62)44-57)53-35-40-61(41-36-53)70(59-21-15-10-16-22-59)60-38-33-51(34-39-60)48-17-11-8-12-18-48/h8-21,23-44,59,63,66,69H,7,22,45-47H2,1-6H3. The minimum atomic E-state index is 0.168. The molecule has 2 aliphatic rings. The highest BCUT2D eigenvalue weighted by molar-refractivity contribution is 5.84. The molecule has 2 aliphatic carbocycles. The summed E-state index contributed by atoms with van der Waals surface area (Å²) in [6, 6.07) is 73.2. The van der Waals surface area contributed by atoms with Gasteiger partial charge in [0.15, 0.2) is 0 Å². The number of nitrogens with zero attached hydrogens (tertiary/aromatic N) is 1. The molecule has 8 aromatic rings. The minimum absolute atomic E-state index is 0.168. The topological polar surface area (TPSA) is 15.3 Å². The Bertz CT molecular complexity index is 3080. The summed E-state index contributed by atoms with van der Waals surface area (Å²) in [7, 11) is 0. The van der Waals surface area contributed by atoms with Crippen molar-refractivity contribution in [2.45, 2.75) is 78.7 Å². The SMILES string of the molecule is CCNCC(C)(C)CC(c1ccc(-c2ccc(-c3ccc4c(c3)-c3cc(-c5ccc(N(c6ccc(-c7ccccc7)cc6)C6C=CC=CC6)cc5)ccc3CC4c3ccccc3)cc2)cc1)C(C)(C)C. The average molecular weight is 913 g/mol. The van der Waals surface area contributed by atoms with E-state index in [1.807, 2.05) is 0 Å². The summed E-state index contributed by atoms with van der Waals surface area (Å²) in [6.07, 6.45) is 12.0. The molecule has 8 aromatic carbocycles. The first kappa shape index (κ1) is 46.7. The lowest BCUT2D eigenvalue weighted by Crippen LogP contribution is -2.33. The number of rotatable bonds is 14. The first-order valence-corrected chi connectivity index (χ1v) is 25.6. The van der Waals surface area contributed by atoms with E-state index in [4.69, 9.17) is 0 Å². The van der Waals surface area contributed by atoms with Crippen molar-refractivity contribution < 1.29 is 0 Å². The van der Waals surface area contributed by atoms with E-state index in [-0.39, 0.29) is 16.9 Å². The lowest BCUT2D eigenvalue weighted by molar-refractivity contribution is 0.210. The van der Waals surface area contributed by atoms with Crippen LogP contribution >= 0.6 is 0 Å². The number of anilines is 2. The number of hydrogen-bond acceptors (Lipinski definition) is 2. The molecular weight excluding hydrogens is 845 g/mol. The molecule has 0 saturated heterocycles. The molecule has 70 heavy (non-hydrogen) atoms. The van der Waals surface area contributed by atoms with E-state index in [9.17, 15) is 0 Å². The number of allylic oxidation sites excluding steroid dienone is 2. The zero-order valence-electron chi connectivity index (χ0n) is 42.0. The van der Waals surface area contributed by atoms with Gasteiger partial charge in [-0.15, -0.1) is 0 Å². The van der Waals surface area contributed by atoms with Crippen molar-refractivity contribution in [1.29, 1.82) is 0 Å². The largest absolute Gasteiger partial charge is 0.334 e. The van der Waals surface area contributed by atoms with Crippen LogP contribution in [0.25, 0.3) is 55.6 Å². The lowest BCUT2D eigenvalue weighted by Gasteiger charge is -2.38. The number of hydrogen-bond donors (Lipinski definition) is 1. The summed E-state index contributed by atoms with van der Waals surface area (Å²) in [6.45, 7) is 16.2. The summed E-state index contributed by atoms with van der Waals surface area (Å²) in [5.41, 5.74) is 20.9. The van der Waals surface area contributed by atoms with Crippen LogP contribution in [-0.2, 0) is 6.42 Å². The minimum Gasteiger partial charge on any atom is -0.334 e. The Morgan fingerprint density at radius 3 is 1.59 bits per heavy atom. The molecule has 3 atom stereocenters. The van der Waals surface area contributed by atoms with Crippen molar-refractivity contribution in [3.05, 3.63) is 241 Å². The Morgan fingerprint density at radius 2 is 1.03 bits per heavy atom. The zero-order valence-corrected chi connectivity index (χ0v) is 42.0. The Labute approximate surface area is 418 Å². The molecule has 0 radical (unpaired) electrons. The second kappa shape index (κ2) is 20.2. The summed E-state index contributed by atoms with van der Waals surface area (Å²) in [5, 5.41) is 3.60. The van der Waals surface area contributed by atoms with Gasteiger partial charge in [0.25, 0.3) is 0 Å². The molecule has 350 valence electrons. The molecule has 0 heterocycles. The normalized spacial score (nSPS) is 15.8. The molecule has 2 nitrogen and oxygen atoms in total. The first-order valence-electron chi connectivity index (χ1n) is 25.6. The van der Waals surface area contributed by atoms with Crippen molar-refractivity contribution in [3.8, 4) is 55.6 Å². The highest BCUT2D eigenvalue weighted by Gasteiger charge is 2.32. The van der Waals surface area contributed by atoms with Crippen molar-refractivity contribution in [2.24, 2.45) is 10.8 Å². The molecule has 3 unspecified atom stereocenters. The molecule has 0 aliphatic heterocycles. The molecule has 0 bridgehead atoms. The van der Waals surface area contributed by atoms with Crippen LogP contribution in [0.3, 0.4) is 0 Å². The van der Waals surface area contributed by atoms with E-state index in [2.05, 4.69) is 270 Å².